The first-order valence-electron chi connectivity index (χ1n) is 9.79. The minimum atomic E-state index is -0.355. The van der Waals surface area contributed by atoms with E-state index in [0.717, 1.165) is 27.5 Å². The highest BCUT2D eigenvalue weighted by molar-refractivity contribution is 9.10. The van der Waals surface area contributed by atoms with E-state index in [9.17, 15) is 9.59 Å². The van der Waals surface area contributed by atoms with Crippen molar-refractivity contribution in [2.75, 3.05) is 20.8 Å². The van der Waals surface area contributed by atoms with Crippen molar-refractivity contribution in [3.63, 3.8) is 0 Å². The topological polar surface area (TPSA) is 69.6 Å². The van der Waals surface area contributed by atoms with E-state index in [0.29, 0.717) is 29.9 Å². The standard InChI is InChI=1S/C23H23BrN2O4/c1-13-8-15-10-16(24)11-17-21(15)26(13)12-18(22(17)27)23(28)25-7-6-14-4-5-19(29-2)20(9-14)30-3/h4-5,9-13H,6-8H2,1-3H3,(H,25,28)/t13-/m0/s1. The van der Waals surface area contributed by atoms with Gasteiger partial charge < -0.3 is 19.4 Å². The molecule has 1 amide bonds. The Bertz CT molecular complexity index is 1200. The van der Waals surface area contributed by atoms with Crippen LogP contribution >= 0.6 is 15.9 Å². The number of carbonyl (C=O) groups is 1. The van der Waals surface area contributed by atoms with Crippen LogP contribution in [0, 0.1) is 0 Å². The molecule has 1 N–H and O–H groups in total. The van der Waals surface area contributed by atoms with Crippen molar-refractivity contribution in [3.05, 3.63) is 67.9 Å². The largest absolute Gasteiger partial charge is 0.493 e. The molecule has 0 saturated heterocycles. The Hall–Kier alpha value is -2.80. The van der Waals surface area contributed by atoms with Crippen molar-refractivity contribution in [3.8, 4) is 11.5 Å². The molecule has 2 aromatic carbocycles. The molecule has 2 heterocycles. The molecule has 1 aromatic heterocycles. The van der Waals surface area contributed by atoms with Gasteiger partial charge in [0.2, 0.25) is 5.43 Å². The maximum atomic E-state index is 13.0. The first-order chi connectivity index (χ1) is 14.4. The minimum absolute atomic E-state index is 0.174. The summed E-state index contributed by atoms with van der Waals surface area (Å²) < 4.78 is 13.5. The number of hydrogen-bond donors (Lipinski definition) is 1. The van der Waals surface area contributed by atoms with Crippen molar-refractivity contribution < 1.29 is 14.3 Å². The van der Waals surface area contributed by atoms with Gasteiger partial charge in [-0.3, -0.25) is 9.59 Å². The van der Waals surface area contributed by atoms with Gasteiger partial charge in [-0.25, -0.2) is 0 Å². The lowest BCUT2D eigenvalue weighted by molar-refractivity contribution is 0.0952. The van der Waals surface area contributed by atoms with Crippen molar-refractivity contribution in [1.29, 1.82) is 0 Å². The quantitative estimate of drug-likeness (QED) is 0.593. The number of halogens is 1. The van der Waals surface area contributed by atoms with Gasteiger partial charge in [-0.1, -0.05) is 22.0 Å². The molecule has 7 heteroatoms. The van der Waals surface area contributed by atoms with Gasteiger partial charge in [-0.2, -0.15) is 0 Å². The number of ether oxygens (including phenoxy) is 2. The Morgan fingerprint density at radius 2 is 1.97 bits per heavy atom. The molecule has 4 rings (SSSR count). The van der Waals surface area contributed by atoms with Crippen molar-refractivity contribution in [2.45, 2.75) is 25.8 Å². The fourth-order valence-electron chi connectivity index (χ4n) is 4.07. The zero-order valence-electron chi connectivity index (χ0n) is 17.1. The third kappa shape index (κ3) is 3.58. The molecule has 1 aliphatic heterocycles. The highest BCUT2D eigenvalue weighted by Crippen LogP contribution is 2.33. The summed E-state index contributed by atoms with van der Waals surface area (Å²) in [4.78, 5) is 25.8. The van der Waals surface area contributed by atoms with E-state index in [1.54, 1.807) is 26.5 Å². The molecule has 1 aliphatic rings. The van der Waals surface area contributed by atoms with Crippen LogP contribution in [0.2, 0.25) is 0 Å². The predicted octanol–water partition coefficient (Wildman–Crippen LogP) is 3.87. The number of aromatic nitrogens is 1. The second-order valence-corrected chi connectivity index (χ2v) is 8.40. The van der Waals surface area contributed by atoms with Gasteiger partial charge in [-0.15, -0.1) is 0 Å². The summed E-state index contributed by atoms with van der Waals surface area (Å²) in [5.74, 6) is 0.950. The van der Waals surface area contributed by atoms with Gasteiger partial charge in [0.25, 0.3) is 5.91 Å². The number of amides is 1. The van der Waals surface area contributed by atoms with Crippen LogP contribution in [0.15, 0.2) is 45.8 Å². The van der Waals surface area contributed by atoms with Crippen molar-refractivity contribution in [1.82, 2.24) is 9.88 Å². The van der Waals surface area contributed by atoms with E-state index in [1.165, 1.54) is 0 Å². The van der Waals surface area contributed by atoms with Crippen LogP contribution in [-0.2, 0) is 12.8 Å². The molecule has 3 aromatic rings. The first-order valence-corrected chi connectivity index (χ1v) is 10.6. The number of pyridine rings is 1. The second kappa shape index (κ2) is 8.14. The molecule has 0 radical (unpaired) electrons. The summed E-state index contributed by atoms with van der Waals surface area (Å²) in [6, 6.07) is 9.71. The fourth-order valence-corrected chi connectivity index (χ4v) is 4.58. The SMILES string of the molecule is COc1ccc(CCNC(=O)c2cn3c4c(cc(Br)cc4c2=O)C[C@@H]3C)cc1OC. The molecular formula is C23H23BrN2O4. The van der Waals surface area contributed by atoms with Gasteiger partial charge >= 0.3 is 0 Å². The van der Waals surface area contributed by atoms with Crippen LogP contribution in [0.25, 0.3) is 10.9 Å². The maximum Gasteiger partial charge on any atom is 0.256 e. The summed E-state index contributed by atoms with van der Waals surface area (Å²) in [5, 5.41) is 3.46. The van der Waals surface area contributed by atoms with E-state index < -0.39 is 0 Å². The summed E-state index contributed by atoms with van der Waals surface area (Å²) >= 11 is 3.48. The van der Waals surface area contributed by atoms with Crippen LogP contribution in [-0.4, -0.2) is 31.2 Å². The monoisotopic (exact) mass is 470 g/mol. The van der Waals surface area contributed by atoms with E-state index in [1.807, 2.05) is 28.8 Å². The Kier molecular flexibility index (Phi) is 5.56. The fraction of sp³-hybridized carbons (Fsp3) is 0.304. The molecule has 0 unspecified atom stereocenters. The predicted molar refractivity (Wildman–Crippen MR) is 120 cm³/mol. The number of methoxy groups -OCH3 is 2. The summed E-state index contributed by atoms with van der Waals surface area (Å²) in [5.41, 5.74) is 3.00. The highest BCUT2D eigenvalue weighted by Gasteiger charge is 2.25. The molecule has 0 fully saturated rings. The molecule has 0 spiro atoms. The summed E-state index contributed by atoms with van der Waals surface area (Å²) in [7, 11) is 3.18. The smallest absolute Gasteiger partial charge is 0.256 e. The number of carbonyl (C=O) groups excluding carboxylic acids is 1. The lowest BCUT2D eigenvalue weighted by atomic mass is 10.1. The van der Waals surface area contributed by atoms with Crippen LogP contribution in [0.5, 0.6) is 11.5 Å². The molecule has 6 nitrogen and oxygen atoms in total. The van der Waals surface area contributed by atoms with Gasteiger partial charge in [0.15, 0.2) is 11.5 Å². The summed E-state index contributed by atoms with van der Waals surface area (Å²) in [6.07, 6.45) is 3.16. The molecule has 156 valence electrons. The van der Waals surface area contributed by atoms with Crippen LogP contribution in [0.3, 0.4) is 0 Å². The average molecular weight is 471 g/mol. The van der Waals surface area contributed by atoms with Crippen molar-refractivity contribution >= 4 is 32.7 Å². The Labute approximate surface area is 182 Å². The Morgan fingerprint density at radius 3 is 2.70 bits per heavy atom. The lowest BCUT2D eigenvalue weighted by Crippen LogP contribution is -2.31. The molecule has 1 atom stereocenters. The third-order valence-electron chi connectivity index (χ3n) is 5.55. The Balaban J connectivity index is 1.55. The summed E-state index contributed by atoms with van der Waals surface area (Å²) in [6.45, 7) is 2.50. The number of hydrogen-bond acceptors (Lipinski definition) is 4. The van der Waals surface area contributed by atoms with Gasteiger partial charge in [0.1, 0.15) is 5.56 Å². The van der Waals surface area contributed by atoms with E-state index in [-0.39, 0.29) is 22.9 Å². The molecule has 0 saturated carbocycles. The number of rotatable bonds is 6. The molecule has 0 aliphatic carbocycles. The van der Waals surface area contributed by atoms with E-state index in [2.05, 4.69) is 28.2 Å². The average Bonchev–Trinajstić information content (AvgIpc) is 3.05. The maximum absolute atomic E-state index is 13.0. The number of nitrogens with zero attached hydrogens (tertiary/aromatic N) is 1. The van der Waals surface area contributed by atoms with E-state index >= 15 is 0 Å². The van der Waals surface area contributed by atoms with Gasteiger partial charge in [-0.05, 0) is 55.2 Å². The number of benzene rings is 2. The molecule has 30 heavy (non-hydrogen) atoms. The van der Waals surface area contributed by atoms with E-state index in [4.69, 9.17) is 9.47 Å². The van der Waals surface area contributed by atoms with Crippen LogP contribution in [0.4, 0.5) is 0 Å². The zero-order chi connectivity index (χ0) is 21.4. The third-order valence-corrected chi connectivity index (χ3v) is 6.01. The van der Waals surface area contributed by atoms with Crippen molar-refractivity contribution in [2.24, 2.45) is 0 Å². The Morgan fingerprint density at radius 1 is 1.20 bits per heavy atom. The molecular weight excluding hydrogens is 448 g/mol. The van der Waals surface area contributed by atoms with Gasteiger partial charge in [0.05, 0.1) is 19.7 Å². The first kappa shape index (κ1) is 20.5. The minimum Gasteiger partial charge on any atom is -0.493 e. The zero-order valence-corrected chi connectivity index (χ0v) is 18.7. The van der Waals surface area contributed by atoms with Crippen LogP contribution in [0.1, 0.15) is 34.5 Å². The van der Waals surface area contributed by atoms with Crippen LogP contribution < -0.4 is 20.2 Å². The normalized spacial score (nSPS) is 14.7. The molecule has 0 bridgehead atoms. The highest BCUT2D eigenvalue weighted by atomic mass is 79.9. The second-order valence-electron chi connectivity index (χ2n) is 7.49. The van der Waals surface area contributed by atoms with Gasteiger partial charge in [0, 0.05) is 28.6 Å². The lowest BCUT2D eigenvalue weighted by Gasteiger charge is -2.13. The number of nitrogens with one attached hydrogen (secondary N) is 1.